The van der Waals surface area contributed by atoms with Gasteiger partial charge in [0.05, 0.1) is 43.5 Å². The number of imidazole rings is 1. The number of methoxy groups -OCH3 is 1. The highest BCUT2D eigenvalue weighted by molar-refractivity contribution is 5.77. The summed E-state index contributed by atoms with van der Waals surface area (Å²) < 4.78 is 29.9. The van der Waals surface area contributed by atoms with Gasteiger partial charge in [0.1, 0.15) is 5.82 Å². The molecule has 0 amide bonds. The lowest BCUT2D eigenvalue weighted by atomic mass is 10.1. The van der Waals surface area contributed by atoms with E-state index in [2.05, 4.69) is 25.3 Å². The molecule has 2 aromatic heterocycles. The zero-order valence-electron chi connectivity index (χ0n) is 17.0. The third-order valence-electron chi connectivity index (χ3n) is 4.79. The Morgan fingerprint density at radius 1 is 1.19 bits per heavy atom. The molecule has 1 aliphatic heterocycles. The van der Waals surface area contributed by atoms with E-state index in [0.29, 0.717) is 55.2 Å². The number of H-pyrrole nitrogens is 1. The van der Waals surface area contributed by atoms with Crippen LogP contribution < -0.4 is 5.32 Å². The fourth-order valence-corrected chi connectivity index (χ4v) is 3.16. The molecular formula is C21H24FN5O4. The van der Waals surface area contributed by atoms with Crippen LogP contribution >= 0.6 is 0 Å². The molecule has 1 saturated heterocycles. The van der Waals surface area contributed by atoms with Crippen LogP contribution in [0.5, 0.6) is 0 Å². The van der Waals surface area contributed by atoms with E-state index < -0.39 is 6.29 Å². The fourth-order valence-electron chi connectivity index (χ4n) is 3.16. The Morgan fingerprint density at radius 3 is 2.68 bits per heavy atom. The average Bonchev–Trinajstić information content (AvgIpc) is 3.25. The standard InChI is InChI=1S/C21H24FN5O4/c1-29-9-8-24-21-23-7-6-16(25-21)18-17(14-2-4-15(22)5-3-14)26-19(27-18)20-30-11-13(10-28)12-31-20/h2-7,13,20,28H,8-12H2,1H3,(H,26,27)(H,23,24,25). The summed E-state index contributed by atoms with van der Waals surface area (Å²) in [6, 6.07) is 7.83. The number of aromatic nitrogens is 4. The van der Waals surface area contributed by atoms with Gasteiger partial charge in [-0.15, -0.1) is 0 Å². The zero-order valence-corrected chi connectivity index (χ0v) is 17.0. The van der Waals surface area contributed by atoms with Gasteiger partial charge in [-0.3, -0.25) is 0 Å². The lowest BCUT2D eigenvalue weighted by molar-refractivity contribution is -0.213. The van der Waals surface area contributed by atoms with Gasteiger partial charge in [-0.2, -0.15) is 0 Å². The predicted octanol–water partition coefficient (Wildman–Crippen LogP) is 2.39. The van der Waals surface area contributed by atoms with Crippen molar-refractivity contribution in [1.29, 1.82) is 0 Å². The Balaban J connectivity index is 1.68. The molecule has 9 nitrogen and oxygen atoms in total. The average molecular weight is 429 g/mol. The summed E-state index contributed by atoms with van der Waals surface area (Å²) in [5, 5.41) is 12.4. The minimum absolute atomic E-state index is 0.00324. The van der Waals surface area contributed by atoms with Gasteiger partial charge < -0.3 is 29.6 Å². The van der Waals surface area contributed by atoms with Crippen molar-refractivity contribution in [2.24, 2.45) is 5.92 Å². The van der Waals surface area contributed by atoms with Crippen LogP contribution in [0.2, 0.25) is 0 Å². The number of nitrogens with zero attached hydrogens (tertiary/aromatic N) is 3. The van der Waals surface area contributed by atoms with Crippen molar-refractivity contribution in [3.8, 4) is 22.6 Å². The van der Waals surface area contributed by atoms with Gasteiger partial charge in [0.15, 0.2) is 5.82 Å². The van der Waals surface area contributed by atoms with E-state index in [4.69, 9.17) is 14.2 Å². The minimum Gasteiger partial charge on any atom is -0.396 e. The molecule has 0 aliphatic carbocycles. The van der Waals surface area contributed by atoms with E-state index in [-0.39, 0.29) is 18.3 Å². The molecule has 1 aliphatic rings. The monoisotopic (exact) mass is 429 g/mol. The predicted molar refractivity (Wildman–Crippen MR) is 111 cm³/mol. The van der Waals surface area contributed by atoms with Gasteiger partial charge in [0.25, 0.3) is 0 Å². The normalized spacial score (nSPS) is 18.8. The van der Waals surface area contributed by atoms with Crippen molar-refractivity contribution in [3.05, 3.63) is 48.2 Å². The number of hydrogen-bond acceptors (Lipinski definition) is 8. The highest BCUT2D eigenvalue weighted by Crippen LogP contribution is 2.33. The molecule has 0 unspecified atom stereocenters. The minimum atomic E-state index is -0.697. The number of rotatable bonds is 8. The molecule has 3 heterocycles. The van der Waals surface area contributed by atoms with Crippen molar-refractivity contribution in [2.75, 3.05) is 45.4 Å². The van der Waals surface area contributed by atoms with E-state index in [1.807, 2.05) is 0 Å². The second kappa shape index (κ2) is 9.92. The summed E-state index contributed by atoms with van der Waals surface area (Å²) in [4.78, 5) is 16.7. The number of aromatic amines is 1. The highest BCUT2D eigenvalue weighted by atomic mass is 19.1. The maximum atomic E-state index is 13.5. The SMILES string of the molecule is COCCNc1nccc(-c2[nH]c(C3OCC(CO)CO3)nc2-c2ccc(F)cc2)n1. The summed E-state index contributed by atoms with van der Waals surface area (Å²) in [5.74, 6) is 0.525. The molecule has 3 N–H and O–H groups in total. The van der Waals surface area contributed by atoms with Gasteiger partial charge in [-0.1, -0.05) is 0 Å². The molecule has 0 spiro atoms. The Hall–Kier alpha value is -2.92. The fraction of sp³-hybridized carbons (Fsp3) is 0.381. The Morgan fingerprint density at radius 2 is 1.97 bits per heavy atom. The smallest absolute Gasteiger partial charge is 0.223 e. The molecule has 0 saturated carbocycles. The second-order valence-electron chi connectivity index (χ2n) is 7.08. The molecule has 3 aromatic rings. The third kappa shape index (κ3) is 5.05. The van der Waals surface area contributed by atoms with Crippen LogP contribution in [-0.2, 0) is 14.2 Å². The van der Waals surface area contributed by atoms with Crippen LogP contribution in [0.3, 0.4) is 0 Å². The first-order valence-corrected chi connectivity index (χ1v) is 9.94. The van der Waals surface area contributed by atoms with Crippen molar-refractivity contribution in [3.63, 3.8) is 0 Å². The maximum Gasteiger partial charge on any atom is 0.223 e. The van der Waals surface area contributed by atoms with Gasteiger partial charge >= 0.3 is 0 Å². The number of hydrogen-bond donors (Lipinski definition) is 3. The second-order valence-corrected chi connectivity index (χ2v) is 7.08. The van der Waals surface area contributed by atoms with Crippen molar-refractivity contribution in [1.82, 2.24) is 19.9 Å². The van der Waals surface area contributed by atoms with Crippen LogP contribution in [0, 0.1) is 11.7 Å². The maximum absolute atomic E-state index is 13.5. The van der Waals surface area contributed by atoms with E-state index in [1.165, 1.54) is 12.1 Å². The molecule has 31 heavy (non-hydrogen) atoms. The Bertz CT molecular complexity index is 990. The number of nitrogens with one attached hydrogen (secondary N) is 2. The number of aliphatic hydroxyl groups is 1. The van der Waals surface area contributed by atoms with E-state index in [1.54, 1.807) is 31.5 Å². The zero-order chi connectivity index (χ0) is 21.6. The van der Waals surface area contributed by atoms with Gasteiger partial charge in [-0.05, 0) is 30.3 Å². The summed E-state index contributed by atoms with van der Waals surface area (Å²) in [7, 11) is 1.62. The third-order valence-corrected chi connectivity index (χ3v) is 4.79. The Kier molecular flexibility index (Phi) is 6.82. The molecule has 1 aromatic carbocycles. The van der Waals surface area contributed by atoms with Crippen LogP contribution in [-0.4, -0.2) is 65.1 Å². The summed E-state index contributed by atoms with van der Waals surface area (Å²) >= 11 is 0. The number of benzene rings is 1. The largest absolute Gasteiger partial charge is 0.396 e. The number of anilines is 1. The van der Waals surface area contributed by atoms with E-state index in [0.717, 1.165) is 5.56 Å². The van der Waals surface area contributed by atoms with Crippen LogP contribution in [0.25, 0.3) is 22.6 Å². The van der Waals surface area contributed by atoms with Gasteiger partial charge in [0.2, 0.25) is 12.2 Å². The van der Waals surface area contributed by atoms with Gasteiger partial charge in [-0.25, -0.2) is 19.3 Å². The summed E-state index contributed by atoms with van der Waals surface area (Å²) in [6.07, 6.45) is 0.947. The van der Waals surface area contributed by atoms with E-state index >= 15 is 0 Å². The molecule has 0 atom stereocenters. The molecular weight excluding hydrogens is 405 g/mol. The lowest BCUT2D eigenvalue weighted by Crippen LogP contribution is -2.29. The first kappa shape index (κ1) is 21.3. The molecule has 164 valence electrons. The van der Waals surface area contributed by atoms with Crippen molar-refractivity contribution in [2.45, 2.75) is 6.29 Å². The van der Waals surface area contributed by atoms with Crippen LogP contribution in [0.1, 0.15) is 12.1 Å². The number of ether oxygens (including phenoxy) is 3. The first-order valence-electron chi connectivity index (χ1n) is 9.94. The molecule has 0 bridgehead atoms. The summed E-state index contributed by atoms with van der Waals surface area (Å²) in [6.45, 7) is 1.81. The number of halogens is 1. The quantitative estimate of drug-likeness (QED) is 0.468. The van der Waals surface area contributed by atoms with Crippen molar-refractivity contribution < 1.29 is 23.7 Å². The van der Waals surface area contributed by atoms with Crippen LogP contribution in [0.15, 0.2) is 36.5 Å². The van der Waals surface area contributed by atoms with Crippen molar-refractivity contribution >= 4 is 5.95 Å². The highest BCUT2D eigenvalue weighted by Gasteiger charge is 2.27. The number of aliphatic hydroxyl groups excluding tert-OH is 1. The molecule has 10 heteroatoms. The lowest BCUT2D eigenvalue weighted by Gasteiger charge is -2.26. The van der Waals surface area contributed by atoms with Crippen LogP contribution in [0.4, 0.5) is 10.3 Å². The molecule has 0 radical (unpaired) electrons. The Labute approximate surface area is 178 Å². The van der Waals surface area contributed by atoms with E-state index in [9.17, 15) is 9.50 Å². The summed E-state index contributed by atoms with van der Waals surface area (Å²) in [5.41, 5.74) is 2.55. The first-order chi connectivity index (χ1) is 15.2. The molecule has 4 rings (SSSR count). The van der Waals surface area contributed by atoms with Gasteiger partial charge in [0, 0.05) is 31.3 Å². The molecule has 1 fully saturated rings. The topological polar surface area (TPSA) is 114 Å².